The van der Waals surface area contributed by atoms with E-state index in [2.05, 4.69) is 4.99 Å². The van der Waals surface area contributed by atoms with Crippen LogP contribution in [0.3, 0.4) is 0 Å². The molecule has 0 amide bonds. The highest BCUT2D eigenvalue weighted by Gasteiger charge is 2.31. The van der Waals surface area contributed by atoms with Crippen molar-refractivity contribution in [2.75, 3.05) is 0 Å². The second-order valence-corrected chi connectivity index (χ2v) is 5.96. The minimum absolute atomic E-state index is 0.117. The molecule has 5 heteroatoms. The van der Waals surface area contributed by atoms with Gasteiger partial charge in [-0.25, -0.2) is 9.79 Å². The van der Waals surface area contributed by atoms with Crippen LogP contribution in [0.1, 0.15) is 18.9 Å². The van der Waals surface area contributed by atoms with Crippen LogP contribution in [0.25, 0.3) is 0 Å². The van der Waals surface area contributed by atoms with Crippen molar-refractivity contribution in [3.8, 4) is 0 Å². The van der Waals surface area contributed by atoms with Crippen LogP contribution in [-0.4, -0.2) is 16.8 Å². The van der Waals surface area contributed by atoms with Gasteiger partial charge in [-0.3, -0.25) is 0 Å². The molecule has 0 atom stereocenters. The molecule has 0 radical (unpaired) electrons. The molecule has 0 saturated heterocycles. The van der Waals surface area contributed by atoms with E-state index < -0.39 is 5.97 Å². The van der Waals surface area contributed by atoms with E-state index in [4.69, 9.17) is 23.2 Å². The molecule has 2 aliphatic rings. The Balaban J connectivity index is 2.04. The third kappa shape index (κ3) is 2.51. The van der Waals surface area contributed by atoms with Crippen LogP contribution in [0.2, 0.25) is 10.0 Å². The lowest BCUT2D eigenvalue weighted by atomic mass is 9.93. The highest BCUT2D eigenvalue weighted by Crippen LogP contribution is 2.38. The van der Waals surface area contributed by atoms with E-state index in [1.54, 1.807) is 12.1 Å². The summed E-state index contributed by atoms with van der Waals surface area (Å²) in [4.78, 5) is 15.7. The lowest BCUT2D eigenvalue weighted by molar-refractivity contribution is -0.129. The fourth-order valence-electron chi connectivity index (χ4n) is 2.76. The van der Waals surface area contributed by atoms with Gasteiger partial charge in [-0.05, 0) is 41.3 Å². The maximum Gasteiger partial charge on any atom is 0.354 e. The highest BCUT2D eigenvalue weighted by molar-refractivity contribution is 6.44. The van der Waals surface area contributed by atoms with E-state index in [0.29, 0.717) is 16.5 Å². The van der Waals surface area contributed by atoms with Crippen LogP contribution < -0.4 is 0 Å². The lowest BCUT2D eigenvalue weighted by Crippen LogP contribution is -2.16. The molecule has 0 unspecified atom stereocenters. The summed E-state index contributed by atoms with van der Waals surface area (Å²) in [5.74, 6) is -1.01. The number of benzene rings is 1. The Kier molecular flexibility index (Phi) is 3.94. The summed E-state index contributed by atoms with van der Waals surface area (Å²) in [5, 5.41) is 10.4. The van der Waals surface area contributed by atoms with Crippen molar-refractivity contribution >= 4 is 34.9 Å². The number of fused-ring (bicyclic) bond motifs is 1. The van der Waals surface area contributed by atoms with Gasteiger partial charge < -0.3 is 5.11 Å². The Labute approximate surface area is 138 Å². The predicted octanol–water partition coefficient (Wildman–Crippen LogP) is 4.61. The zero-order chi connectivity index (χ0) is 15.9. The fraction of sp³-hybridized carbons (Fsp3) is 0.176. The van der Waals surface area contributed by atoms with E-state index in [0.717, 1.165) is 34.4 Å². The Morgan fingerprint density at radius 1 is 1.23 bits per heavy atom. The number of allylic oxidation sites excluding steroid dienone is 3. The Morgan fingerprint density at radius 3 is 2.64 bits per heavy atom. The summed E-state index contributed by atoms with van der Waals surface area (Å²) >= 11 is 12.0. The van der Waals surface area contributed by atoms with Gasteiger partial charge in [0.15, 0.2) is 5.71 Å². The third-order valence-electron chi connectivity index (χ3n) is 3.79. The lowest BCUT2D eigenvalue weighted by Gasteiger charge is -2.09. The van der Waals surface area contributed by atoms with Gasteiger partial charge >= 0.3 is 5.97 Å². The number of nitrogens with zero attached hydrogens (tertiary/aromatic N) is 1. The number of carbonyl (C=O) groups is 1. The molecular weight excluding hydrogens is 321 g/mol. The molecule has 0 saturated carbocycles. The van der Waals surface area contributed by atoms with E-state index in [-0.39, 0.29) is 5.71 Å². The SMILES string of the molecule is CCC1=CC=C2N=C(C(=O)O)C(Cc3ccc(Cl)c(Cl)c3)=C12. The zero-order valence-electron chi connectivity index (χ0n) is 11.9. The van der Waals surface area contributed by atoms with Gasteiger partial charge in [0.25, 0.3) is 0 Å². The first-order valence-electron chi connectivity index (χ1n) is 6.92. The number of hydrogen-bond donors (Lipinski definition) is 1. The molecule has 0 aromatic heterocycles. The molecule has 1 aromatic carbocycles. The average molecular weight is 334 g/mol. The van der Waals surface area contributed by atoms with Crippen molar-refractivity contribution < 1.29 is 9.90 Å². The molecule has 1 heterocycles. The molecule has 0 fully saturated rings. The smallest absolute Gasteiger partial charge is 0.354 e. The van der Waals surface area contributed by atoms with E-state index in [1.807, 2.05) is 25.1 Å². The topological polar surface area (TPSA) is 49.7 Å². The molecule has 0 bridgehead atoms. The first-order chi connectivity index (χ1) is 10.5. The number of halogens is 2. The number of hydrogen-bond acceptors (Lipinski definition) is 2. The minimum Gasteiger partial charge on any atom is -0.477 e. The number of carboxylic acid groups (broad SMARTS) is 1. The van der Waals surface area contributed by atoms with Gasteiger partial charge in [0.1, 0.15) is 0 Å². The van der Waals surface area contributed by atoms with Crippen LogP contribution in [0.4, 0.5) is 0 Å². The highest BCUT2D eigenvalue weighted by atomic mass is 35.5. The molecule has 1 aliphatic heterocycles. The second-order valence-electron chi connectivity index (χ2n) is 5.14. The second kappa shape index (κ2) is 5.75. The van der Waals surface area contributed by atoms with Gasteiger partial charge in [-0.15, -0.1) is 0 Å². The third-order valence-corrected chi connectivity index (χ3v) is 4.53. The summed E-state index contributed by atoms with van der Waals surface area (Å²) in [7, 11) is 0. The van der Waals surface area contributed by atoms with Crippen molar-refractivity contribution in [3.05, 3.63) is 68.4 Å². The molecule has 0 spiro atoms. The zero-order valence-corrected chi connectivity index (χ0v) is 13.4. The van der Waals surface area contributed by atoms with Crippen LogP contribution >= 0.6 is 23.2 Å². The molecule has 1 N–H and O–H groups in total. The Bertz CT molecular complexity index is 801. The summed E-state index contributed by atoms with van der Waals surface area (Å²) in [6.07, 6.45) is 5.18. The van der Waals surface area contributed by atoms with Gasteiger partial charge in [-0.2, -0.15) is 0 Å². The van der Waals surface area contributed by atoms with Crippen molar-refractivity contribution in [3.63, 3.8) is 0 Å². The van der Waals surface area contributed by atoms with Gasteiger partial charge in [0, 0.05) is 12.0 Å². The molecular formula is C17H13Cl2NO2. The summed E-state index contributed by atoms with van der Waals surface area (Å²) in [6.45, 7) is 2.05. The van der Waals surface area contributed by atoms with Crippen LogP contribution in [0.15, 0.2) is 57.8 Å². The maximum absolute atomic E-state index is 11.5. The van der Waals surface area contributed by atoms with Crippen LogP contribution in [-0.2, 0) is 11.2 Å². The molecule has 1 aromatic rings. The number of aliphatic carboxylic acids is 1. The van der Waals surface area contributed by atoms with E-state index >= 15 is 0 Å². The van der Waals surface area contributed by atoms with Gasteiger partial charge in [0.2, 0.25) is 0 Å². The minimum atomic E-state index is -1.01. The maximum atomic E-state index is 11.5. The Hall–Kier alpha value is -1.84. The normalized spacial score (nSPS) is 16.4. The molecule has 1 aliphatic carbocycles. The van der Waals surface area contributed by atoms with Gasteiger partial charge in [-0.1, -0.05) is 42.3 Å². The quantitative estimate of drug-likeness (QED) is 0.874. The van der Waals surface area contributed by atoms with Gasteiger partial charge in [0.05, 0.1) is 15.7 Å². The first kappa shape index (κ1) is 15.1. The van der Waals surface area contributed by atoms with E-state index in [9.17, 15) is 9.90 Å². The molecule has 3 nitrogen and oxygen atoms in total. The summed E-state index contributed by atoms with van der Waals surface area (Å²) in [5.41, 5.74) is 4.57. The predicted molar refractivity (Wildman–Crippen MR) is 88.7 cm³/mol. The largest absolute Gasteiger partial charge is 0.477 e. The Morgan fingerprint density at radius 2 is 2.00 bits per heavy atom. The van der Waals surface area contributed by atoms with Crippen molar-refractivity contribution in [1.29, 1.82) is 0 Å². The van der Waals surface area contributed by atoms with E-state index in [1.165, 1.54) is 0 Å². The number of aliphatic imine (C=N–C) groups is 1. The number of rotatable bonds is 4. The van der Waals surface area contributed by atoms with Crippen molar-refractivity contribution in [2.24, 2.45) is 4.99 Å². The fourth-order valence-corrected chi connectivity index (χ4v) is 3.08. The monoisotopic (exact) mass is 333 g/mol. The molecule has 112 valence electrons. The van der Waals surface area contributed by atoms with Crippen molar-refractivity contribution in [2.45, 2.75) is 19.8 Å². The van der Waals surface area contributed by atoms with Crippen LogP contribution in [0.5, 0.6) is 0 Å². The summed E-state index contributed by atoms with van der Waals surface area (Å²) in [6, 6.07) is 5.34. The molecule has 22 heavy (non-hydrogen) atoms. The average Bonchev–Trinajstić information content (AvgIpc) is 3.03. The van der Waals surface area contributed by atoms with Crippen molar-refractivity contribution in [1.82, 2.24) is 0 Å². The first-order valence-corrected chi connectivity index (χ1v) is 7.68. The standard InChI is InChI=1S/C17H13Cl2NO2/c1-2-10-4-6-14-15(10)11(16(20-14)17(21)22)7-9-3-5-12(18)13(19)8-9/h3-6,8H,2,7H2,1H3,(H,21,22). The molecule has 3 rings (SSSR count). The summed E-state index contributed by atoms with van der Waals surface area (Å²) < 4.78 is 0. The number of carboxylic acids is 1. The van der Waals surface area contributed by atoms with Crippen LogP contribution in [0, 0.1) is 0 Å².